The Bertz CT molecular complexity index is 506. The maximum atomic E-state index is 12.6. The number of hydrogen-bond donors (Lipinski definition) is 1. The number of thiophene rings is 1. The Morgan fingerprint density at radius 2 is 2.16 bits per heavy atom. The second-order valence-electron chi connectivity index (χ2n) is 5.85. The van der Waals surface area contributed by atoms with E-state index in [-0.39, 0.29) is 17.9 Å². The predicted molar refractivity (Wildman–Crippen MR) is 73.6 cm³/mol. The smallest absolute Gasteiger partial charge is 0.246 e. The van der Waals surface area contributed by atoms with Gasteiger partial charge in [-0.3, -0.25) is 9.59 Å². The van der Waals surface area contributed by atoms with Gasteiger partial charge in [-0.2, -0.15) is 0 Å². The van der Waals surface area contributed by atoms with Gasteiger partial charge in [0.15, 0.2) is 0 Å². The van der Waals surface area contributed by atoms with E-state index < -0.39 is 5.54 Å². The van der Waals surface area contributed by atoms with E-state index in [2.05, 4.69) is 5.32 Å². The van der Waals surface area contributed by atoms with Gasteiger partial charge in [-0.25, -0.2) is 0 Å². The fourth-order valence-electron chi connectivity index (χ4n) is 2.53. The number of carbonyl (C=O) groups excluding carboxylic acids is 2. The van der Waals surface area contributed by atoms with Crippen molar-refractivity contribution < 1.29 is 9.59 Å². The molecular formula is C14H18N2O2S. The number of nitrogens with one attached hydrogen (secondary N) is 1. The minimum atomic E-state index is -0.771. The molecule has 1 aromatic heterocycles. The van der Waals surface area contributed by atoms with E-state index in [0.29, 0.717) is 12.5 Å². The van der Waals surface area contributed by atoms with Gasteiger partial charge in [0.05, 0.1) is 6.54 Å². The third kappa shape index (κ3) is 2.16. The average Bonchev–Trinajstić information content (AvgIpc) is 3.07. The number of rotatable bonds is 3. The van der Waals surface area contributed by atoms with Crippen molar-refractivity contribution in [2.75, 3.05) is 0 Å². The summed E-state index contributed by atoms with van der Waals surface area (Å²) in [7, 11) is 0. The molecule has 102 valence electrons. The quantitative estimate of drug-likeness (QED) is 0.916. The van der Waals surface area contributed by atoms with E-state index >= 15 is 0 Å². The van der Waals surface area contributed by atoms with Gasteiger partial charge in [-0.1, -0.05) is 6.07 Å². The van der Waals surface area contributed by atoms with Crippen molar-refractivity contribution in [1.29, 1.82) is 0 Å². The number of hydrogen-bond acceptors (Lipinski definition) is 3. The maximum absolute atomic E-state index is 12.6. The first-order chi connectivity index (χ1) is 9.00. The zero-order valence-electron chi connectivity index (χ0n) is 11.2. The molecule has 5 heteroatoms. The maximum Gasteiger partial charge on any atom is 0.246 e. The lowest BCUT2D eigenvalue weighted by molar-refractivity contribution is -0.156. The van der Waals surface area contributed by atoms with Crippen LogP contribution in [0.1, 0.15) is 31.6 Å². The first kappa shape index (κ1) is 12.7. The molecule has 1 saturated heterocycles. The number of piperazine rings is 1. The molecule has 1 aliphatic carbocycles. The normalized spacial score (nSPS) is 26.4. The molecule has 1 N–H and O–H groups in total. The molecule has 2 heterocycles. The Morgan fingerprint density at radius 3 is 2.74 bits per heavy atom. The topological polar surface area (TPSA) is 49.4 Å². The average molecular weight is 278 g/mol. The van der Waals surface area contributed by atoms with Crippen molar-refractivity contribution in [2.45, 2.75) is 44.8 Å². The second kappa shape index (κ2) is 4.34. The predicted octanol–water partition coefficient (Wildman–Crippen LogP) is 1.76. The van der Waals surface area contributed by atoms with Crippen LogP contribution in [-0.2, 0) is 16.1 Å². The molecule has 1 aromatic rings. The summed E-state index contributed by atoms with van der Waals surface area (Å²) in [5.74, 6) is 0.374. The van der Waals surface area contributed by atoms with Crippen LogP contribution in [0.3, 0.4) is 0 Å². The lowest BCUT2D eigenvalue weighted by Crippen LogP contribution is -2.68. The number of carbonyl (C=O) groups is 2. The van der Waals surface area contributed by atoms with Crippen LogP contribution in [0.15, 0.2) is 17.5 Å². The van der Waals surface area contributed by atoms with E-state index in [4.69, 9.17) is 0 Å². The molecule has 0 bridgehead atoms. The molecular weight excluding hydrogens is 260 g/mol. The lowest BCUT2D eigenvalue weighted by Gasteiger charge is -2.44. The van der Waals surface area contributed by atoms with Crippen LogP contribution < -0.4 is 5.32 Å². The fraction of sp³-hybridized carbons (Fsp3) is 0.571. The summed E-state index contributed by atoms with van der Waals surface area (Å²) in [4.78, 5) is 27.7. The highest BCUT2D eigenvalue weighted by Gasteiger charge is 2.50. The third-order valence-corrected chi connectivity index (χ3v) is 4.90. The van der Waals surface area contributed by atoms with Crippen molar-refractivity contribution in [3.63, 3.8) is 0 Å². The summed E-state index contributed by atoms with van der Waals surface area (Å²) in [5, 5.41) is 4.90. The minimum absolute atomic E-state index is 0.0412. The summed E-state index contributed by atoms with van der Waals surface area (Å²) in [5.41, 5.74) is -0.771. The van der Waals surface area contributed by atoms with Crippen molar-refractivity contribution in [3.05, 3.63) is 22.4 Å². The molecule has 19 heavy (non-hydrogen) atoms. The summed E-state index contributed by atoms with van der Waals surface area (Å²) in [6.07, 6.45) is 2.09. The van der Waals surface area contributed by atoms with E-state index in [0.717, 1.165) is 17.7 Å². The Morgan fingerprint density at radius 1 is 1.42 bits per heavy atom. The van der Waals surface area contributed by atoms with Crippen molar-refractivity contribution in [2.24, 2.45) is 5.92 Å². The lowest BCUT2D eigenvalue weighted by atomic mass is 9.94. The zero-order valence-corrected chi connectivity index (χ0v) is 12.0. The molecule has 4 nitrogen and oxygen atoms in total. The highest BCUT2D eigenvalue weighted by atomic mass is 32.1. The summed E-state index contributed by atoms with van der Waals surface area (Å²) in [6, 6.07) is 3.67. The molecule has 0 aromatic carbocycles. The molecule has 2 aliphatic rings. The van der Waals surface area contributed by atoms with Gasteiger partial charge in [-0.05, 0) is 44.1 Å². The van der Waals surface area contributed by atoms with E-state index in [1.807, 2.05) is 31.4 Å². The monoisotopic (exact) mass is 278 g/mol. The molecule has 3 rings (SSSR count). The first-order valence-electron chi connectivity index (χ1n) is 6.65. The zero-order chi connectivity index (χ0) is 13.6. The molecule has 1 aliphatic heterocycles. The van der Waals surface area contributed by atoms with Crippen LogP contribution in [0.25, 0.3) is 0 Å². The first-order valence-corrected chi connectivity index (χ1v) is 7.53. The van der Waals surface area contributed by atoms with Gasteiger partial charge in [0.1, 0.15) is 11.6 Å². The fourth-order valence-corrected chi connectivity index (χ4v) is 3.22. The Hall–Kier alpha value is -1.36. The van der Waals surface area contributed by atoms with Crippen LogP contribution >= 0.6 is 11.3 Å². The summed E-state index contributed by atoms with van der Waals surface area (Å²) >= 11 is 1.62. The Kier molecular flexibility index (Phi) is 2.89. The van der Waals surface area contributed by atoms with Crippen LogP contribution in [0, 0.1) is 5.92 Å². The standard InChI is InChI=1S/C14H18N2O2S/c1-14(2)13(18)15-11(9-5-6-9)12(17)16(14)8-10-4-3-7-19-10/h3-4,7,9,11H,5-6,8H2,1-2H3,(H,15,18). The van der Waals surface area contributed by atoms with Gasteiger partial charge >= 0.3 is 0 Å². The molecule has 0 radical (unpaired) electrons. The molecule has 1 atom stereocenters. The van der Waals surface area contributed by atoms with Gasteiger partial charge in [-0.15, -0.1) is 11.3 Å². The molecule has 1 saturated carbocycles. The van der Waals surface area contributed by atoms with Crippen molar-refractivity contribution >= 4 is 23.2 Å². The van der Waals surface area contributed by atoms with E-state index in [1.165, 1.54) is 0 Å². The number of amides is 2. The summed E-state index contributed by atoms with van der Waals surface area (Å²) in [6.45, 7) is 4.16. The Labute approximate surface area is 116 Å². The van der Waals surface area contributed by atoms with Gasteiger partial charge in [0, 0.05) is 4.88 Å². The van der Waals surface area contributed by atoms with Crippen LogP contribution in [0.4, 0.5) is 0 Å². The second-order valence-corrected chi connectivity index (χ2v) is 6.88. The summed E-state index contributed by atoms with van der Waals surface area (Å²) < 4.78 is 0. The SMILES string of the molecule is CC1(C)C(=O)NC(C2CC2)C(=O)N1Cc1cccs1. The van der Waals surface area contributed by atoms with E-state index in [9.17, 15) is 9.59 Å². The van der Waals surface area contributed by atoms with Gasteiger partial charge in [0.25, 0.3) is 0 Å². The van der Waals surface area contributed by atoms with Gasteiger partial charge < -0.3 is 10.2 Å². The number of nitrogens with zero attached hydrogens (tertiary/aromatic N) is 1. The highest BCUT2D eigenvalue weighted by Crippen LogP contribution is 2.37. The van der Waals surface area contributed by atoms with Crippen molar-refractivity contribution in [1.82, 2.24) is 10.2 Å². The largest absolute Gasteiger partial charge is 0.342 e. The highest BCUT2D eigenvalue weighted by molar-refractivity contribution is 7.09. The van der Waals surface area contributed by atoms with Crippen LogP contribution in [-0.4, -0.2) is 28.3 Å². The van der Waals surface area contributed by atoms with Crippen LogP contribution in [0.2, 0.25) is 0 Å². The molecule has 1 unspecified atom stereocenters. The van der Waals surface area contributed by atoms with Gasteiger partial charge in [0.2, 0.25) is 11.8 Å². The third-order valence-electron chi connectivity index (χ3n) is 4.04. The minimum Gasteiger partial charge on any atom is -0.342 e. The van der Waals surface area contributed by atoms with E-state index in [1.54, 1.807) is 16.2 Å². The molecule has 2 amide bonds. The Balaban J connectivity index is 1.87. The molecule has 2 fully saturated rings. The van der Waals surface area contributed by atoms with Crippen molar-refractivity contribution in [3.8, 4) is 0 Å². The molecule has 0 spiro atoms. The van der Waals surface area contributed by atoms with Crippen LogP contribution in [0.5, 0.6) is 0 Å².